The lowest BCUT2D eigenvalue weighted by molar-refractivity contribution is 0.139. The number of nitrogens with zero attached hydrogens (tertiary/aromatic N) is 4. The van der Waals surface area contributed by atoms with Crippen LogP contribution in [0.4, 0.5) is 0 Å². The van der Waals surface area contributed by atoms with Crippen LogP contribution < -0.4 is 4.74 Å². The van der Waals surface area contributed by atoms with E-state index in [9.17, 15) is 5.26 Å². The van der Waals surface area contributed by atoms with Gasteiger partial charge in [-0.25, -0.2) is 0 Å². The molecule has 0 spiro atoms. The van der Waals surface area contributed by atoms with Crippen LogP contribution in [0.2, 0.25) is 0 Å². The van der Waals surface area contributed by atoms with Crippen LogP contribution in [0.25, 0.3) is 0 Å². The molecule has 0 bridgehead atoms. The molecule has 5 heteroatoms. The van der Waals surface area contributed by atoms with Crippen molar-refractivity contribution < 1.29 is 4.74 Å². The average molecular weight is 276 g/mol. The standard InChI is InChI=1S/C15H24N4O/c1-10(2)19(11(3)4)7-8-20-15-14(9-16)12(5)13(6)17-18-15/h10-11H,7-8H2,1-6H3. The molecule has 110 valence electrons. The summed E-state index contributed by atoms with van der Waals surface area (Å²) in [5.41, 5.74) is 2.08. The number of nitriles is 1. The van der Waals surface area contributed by atoms with Gasteiger partial charge in [0.15, 0.2) is 0 Å². The number of hydrogen-bond donors (Lipinski definition) is 0. The summed E-state index contributed by atoms with van der Waals surface area (Å²) in [6, 6.07) is 3.06. The minimum absolute atomic E-state index is 0.336. The molecule has 1 aromatic rings. The van der Waals surface area contributed by atoms with Crippen LogP contribution in [0.1, 0.15) is 44.5 Å². The Morgan fingerprint density at radius 3 is 2.25 bits per heavy atom. The summed E-state index contributed by atoms with van der Waals surface area (Å²) in [4.78, 5) is 2.33. The number of rotatable bonds is 6. The zero-order valence-corrected chi connectivity index (χ0v) is 13.3. The van der Waals surface area contributed by atoms with Gasteiger partial charge >= 0.3 is 0 Å². The van der Waals surface area contributed by atoms with Crippen molar-refractivity contribution in [3.63, 3.8) is 0 Å². The molecule has 0 aromatic carbocycles. The quantitative estimate of drug-likeness (QED) is 0.798. The third kappa shape index (κ3) is 3.91. The second-order valence-corrected chi connectivity index (χ2v) is 5.48. The molecular formula is C15H24N4O. The van der Waals surface area contributed by atoms with Crippen LogP contribution >= 0.6 is 0 Å². The van der Waals surface area contributed by atoms with Crippen molar-refractivity contribution in [1.82, 2.24) is 15.1 Å². The molecule has 1 aromatic heterocycles. The van der Waals surface area contributed by atoms with Gasteiger partial charge in [-0.15, -0.1) is 5.10 Å². The SMILES string of the molecule is Cc1nnc(OCCN(C(C)C)C(C)C)c(C#N)c1C. The van der Waals surface area contributed by atoms with Crippen molar-refractivity contribution in [2.24, 2.45) is 0 Å². The molecule has 0 radical (unpaired) electrons. The van der Waals surface area contributed by atoms with E-state index in [2.05, 4.69) is 48.9 Å². The van der Waals surface area contributed by atoms with Crippen molar-refractivity contribution in [3.05, 3.63) is 16.8 Å². The van der Waals surface area contributed by atoms with E-state index in [4.69, 9.17) is 4.74 Å². The maximum absolute atomic E-state index is 9.20. The van der Waals surface area contributed by atoms with Gasteiger partial charge < -0.3 is 4.74 Å². The predicted octanol–water partition coefficient (Wildman–Crippen LogP) is 2.46. The van der Waals surface area contributed by atoms with Crippen molar-refractivity contribution in [2.75, 3.05) is 13.2 Å². The largest absolute Gasteiger partial charge is 0.474 e. The molecule has 5 nitrogen and oxygen atoms in total. The molecular weight excluding hydrogens is 252 g/mol. The topological polar surface area (TPSA) is 62.0 Å². The fourth-order valence-corrected chi connectivity index (χ4v) is 2.18. The van der Waals surface area contributed by atoms with Crippen LogP contribution in [-0.2, 0) is 0 Å². The van der Waals surface area contributed by atoms with Crippen LogP contribution in [0.5, 0.6) is 5.88 Å². The molecule has 0 saturated carbocycles. The summed E-state index contributed by atoms with van der Waals surface area (Å²) in [5.74, 6) is 0.336. The van der Waals surface area contributed by atoms with Crippen LogP contribution in [0.3, 0.4) is 0 Å². The highest BCUT2D eigenvalue weighted by atomic mass is 16.5. The Labute approximate surface area is 121 Å². The van der Waals surface area contributed by atoms with E-state index in [1.54, 1.807) is 0 Å². The van der Waals surface area contributed by atoms with Gasteiger partial charge in [-0.1, -0.05) is 0 Å². The maximum Gasteiger partial charge on any atom is 0.251 e. The van der Waals surface area contributed by atoms with E-state index >= 15 is 0 Å². The summed E-state index contributed by atoms with van der Waals surface area (Å²) in [5, 5.41) is 17.2. The lowest BCUT2D eigenvalue weighted by atomic mass is 10.1. The average Bonchev–Trinajstić information content (AvgIpc) is 2.37. The van der Waals surface area contributed by atoms with Gasteiger partial charge in [0.2, 0.25) is 0 Å². The molecule has 0 aliphatic rings. The van der Waals surface area contributed by atoms with Gasteiger partial charge in [0.05, 0.1) is 5.69 Å². The lowest BCUT2D eigenvalue weighted by Gasteiger charge is -2.30. The zero-order chi connectivity index (χ0) is 15.3. The van der Waals surface area contributed by atoms with E-state index in [1.165, 1.54) is 0 Å². The second-order valence-electron chi connectivity index (χ2n) is 5.48. The number of ether oxygens (including phenoxy) is 1. The van der Waals surface area contributed by atoms with Gasteiger partial charge in [0, 0.05) is 18.6 Å². The maximum atomic E-state index is 9.20. The van der Waals surface area contributed by atoms with Crippen molar-refractivity contribution in [2.45, 2.75) is 53.6 Å². The Hall–Kier alpha value is -1.67. The number of aromatic nitrogens is 2. The zero-order valence-electron chi connectivity index (χ0n) is 13.3. The molecule has 1 heterocycles. The van der Waals surface area contributed by atoms with Crippen LogP contribution in [-0.4, -0.2) is 40.3 Å². The highest BCUT2D eigenvalue weighted by Crippen LogP contribution is 2.19. The van der Waals surface area contributed by atoms with E-state index in [0.717, 1.165) is 17.8 Å². The summed E-state index contributed by atoms with van der Waals surface area (Å²) < 4.78 is 5.66. The van der Waals surface area contributed by atoms with E-state index in [0.29, 0.717) is 30.1 Å². The molecule has 0 aliphatic heterocycles. The first kappa shape index (κ1) is 16.4. The fourth-order valence-electron chi connectivity index (χ4n) is 2.18. The van der Waals surface area contributed by atoms with Crippen molar-refractivity contribution in [3.8, 4) is 11.9 Å². The number of hydrogen-bond acceptors (Lipinski definition) is 5. The predicted molar refractivity (Wildman–Crippen MR) is 78.7 cm³/mol. The van der Waals surface area contributed by atoms with Crippen molar-refractivity contribution >= 4 is 0 Å². The molecule has 20 heavy (non-hydrogen) atoms. The minimum Gasteiger partial charge on any atom is -0.474 e. The lowest BCUT2D eigenvalue weighted by Crippen LogP contribution is -2.39. The molecule has 0 unspecified atom stereocenters. The number of aryl methyl sites for hydroxylation is 1. The Balaban J connectivity index is 2.72. The van der Waals surface area contributed by atoms with Crippen LogP contribution in [0, 0.1) is 25.2 Å². The summed E-state index contributed by atoms with van der Waals surface area (Å²) in [7, 11) is 0. The fraction of sp³-hybridized carbons (Fsp3) is 0.667. The first-order valence-electron chi connectivity index (χ1n) is 7.01. The third-order valence-electron chi connectivity index (χ3n) is 3.45. The summed E-state index contributed by atoms with van der Waals surface area (Å²) in [6.45, 7) is 13.7. The highest BCUT2D eigenvalue weighted by molar-refractivity contribution is 5.44. The molecule has 0 fully saturated rings. The molecule has 0 saturated heterocycles. The third-order valence-corrected chi connectivity index (χ3v) is 3.45. The Bertz CT molecular complexity index is 483. The molecule has 1 rings (SSSR count). The Morgan fingerprint density at radius 2 is 1.75 bits per heavy atom. The van der Waals surface area contributed by atoms with E-state index < -0.39 is 0 Å². The molecule has 0 aliphatic carbocycles. The Morgan fingerprint density at radius 1 is 1.15 bits per heavy atom. The van der Waals surface area contributed by atoms with Gasteiger partial charge in [-0.2, -0.15) is 10.4 Å². The van der Waals surface area contributed by atoms with Gasteiger partial charge in [-0.05, 0) is 47.1 Å². The van der Waals surface area contributed by atoms with Gasteiger partial charge in [0.25, 0.3) is 5.88 Å². The van der Waals surface area contributed by atoms with Gasteiger partial charge in [0.1, 0.15) is 18.2 Å². The summed E-state index contributed by atoms with van der Waals surface area (Å²) in [6.07, 6.45) is 0. The van der Waals surface area contributed by atoms with Gasteiger partial charge in [-0.3, -0.25) is 4.90 Å². The first-order chi connectivity index (χ1) is 9.38. The smallest absolute Gasteiger partial charge is 0.251 e. The highest BCUT2D eigenvalue weighted by Gasteiger charge is 2.15. The monoisotopic (exact) mass is 276 g/mol. The minimum atomic E-state index is 0.336. The molecule has 0 amide bonds. The summed E-state index contributed by atoms with van der Waals surface area (Å²) >= 11 is 0. The van der Waals surface area contributed by atoms with E-state index in [1.807, 2.05) is 13.8 Å². The molecule has 0 atom stereocenters. The first-order valence-corrected chi connectivity index (χ1v) is 7.01. The molecule has 0 N–H and O–H groups in total. The van der Waals surface area contributed by atoms with Crippen molar-refractivity contribution in [1.29, 1.82) is 5.26 Å². The second kappa shape index (κ2) is 7.20. The van der Waals surface area contributed by atoms with Crippen LogP contribution in [0.15, 0.2) is 0 Å². The van der Waals surface area contributed by atoms with E-state index in [-0.39, 0.29) is 0 Å². The Kier molecular flexibility index (Phi) is 5.90. The normalized spacial score (nSPS) is 11.2.